The third-order valence-corrected chi connectivity index (χ3v) is 2.07. The van der Waals surface area contributed by atoms with E-state index in [1.807, 2.05) is 0 Å². The highest BCUT2D eigenvalue weighted by molar-refractivity contribution is 6.66. The highest BCUT2D eigenvalue weighted by Gasteiger charge is 2.26. The molecule has 1 rings (SSSR count). The molecular weight excluding hydrogens is 246 g/mol. The van der Waals surface area contributed by atoms with Crippen molar-refractivity contribution in [3.05, 3.63) is 41.1 Å². The van der Waals surface area contributed by atoms with E-state index in [2.05, 4.69) is 6.58 Å². The third kappa shape index (κ3) is 3.45. The van der Waals surface area contributed by atoms with Crippen LogP contribution in [0.4, 0.5) is 17.3 Å². The number of hydrogen-bond acceptors (Lipinski definition) is 1. The minimum absolute atomic E-state index is 0.0626. The largest absolute Gasteiger partial charge is 0.508 e. The van der Waals surface area contributed by atoms with Gasteiger partial charge in [-0.05, 0) is 12.1 Å². The lowest BCUT2D eigenvalue weighted by Gasteiger charge is -2.18. The maximum atomic E-state index is 12.7. The van der Waals surface area contributed by atoms with Crippen LogP contribution in [0.3, 0.4) is 0 Å². The molecule has 1 aromatic rings. The van der Waals surface area contributed by atoms with Gasteiger partial charge in [0.15, 0.2) is 0 Å². The number of rotatable bonds is 4. The molecule has 0 saturated carbocycles. The maximum absolute atomic E-state index is 12.7. The summed E-state index contributed by atoms with van der Waals surface area (Å²) in [5, 5.41) is -0.208. The molecule has 1 nitrogen and oxygen atoms in total. The van der Waals surface area contributed by atoms with Gasteiger partial charge in [-0.15, -0.1) is 12.1 Å². The van der Waals surface area contributed by atoms with Gasteiger partial charge in [0.1, 0.15) is 11.6 Å². The predicted octanol–water partition coefficient (Wildman–Crippen LogP) is 3.80. The standard InChI is InChI=1S/C9H7BClF4O/c1-6(10(13,14)15)5-16-7-2-3-9(12)8(11)4-7/h2-4H,1,5H2/q-1. The lowest BCUT2D eigenvalue weighted by atomic mass is 9.81. The van der Waals surface area contributed by atoms with Gasteiger partial charge in [-0.3, -0.25) is 0 Å². The van der Waals surface area contributed by atoms with Crippen LogP contribution in [0.5, 0.6) is 5.75 Å². The number of benzene rings is 1. The van der Waals surface area contributed by atoms with Gasteiger partial charge in [0.2, 0.25) is 0 Å². The highest BCUT2D eigenvalue weighted by Crippen LogP contribution is 2.23. The highest BCUT2D eigenvalue weighted by atomic mass is 35.5. The molecule has 16 heavy (non-hydrogen) atoms. The van der Waals surface area contributed by atoms with Crippen LogP contribution in [-0.4, -0.2) is 13.6 Å². The van der Waals surface area contributed by atoms with E-state index in [4.69, 9.17) is 16.3 Å². The van der Waals surface area contributed by atoms with Crippen LogP contribution in [0, 0.1) is 5.82 Å². The molecule has 0 unspecified atom stereocenters. The molecule has 0 N–H and O–H groups in total. The van der Waals surface area contributed by atoms with E-state index in [-0.39, 0.29) is 10.8 Å². The maximum Gasteiger partial charge on any atom is 0.508 e. The Bertz CT molecular complexity index is 405. The molecule has 0 saturated heterocycles. The van der Waals surface area contributed by atoms with Gasteiger partial charge in [-0.25, -0.2) is 4.39 Å². The predicted molar refractivity (Wildman–Crippen MR) is 55.1 cm³/mol. The van der Waals surface area contributed by atoms with E-state index in [9.17, 15) is 17.3 Å². The zero-order chi connectivity index (χ0) is 12.3. The van der Waals surface area contributed by atoms with Crippen molar-refractivity contribution in [3.63, 3.8) is 0 Å². The Morgan fingerprint density at radius 3 is 2.50 bits per heavy atom. The molecule has 0 aliphatic heterocycles. The van der Waals surface area contributed by atoms with Gasteiger partial charge in [0.05, 0.1) is 11.6 Å². The van der Waals surface area contributed by atoms with Crippen molar-refractivity contribution < 1.29 is 22.1 Å². The van der Waals surface area contributed by atoms with E-state index in [0.717, 1.165) is 12.1 Å². The van der Waals surface area contributed by atoms with Crippen molar-refractivity contribution >= 4 is 18.6 Å². The molecule has 0 amide bonds. The summed E-state index contributed by atoms with van der Waals surface area (Å²) in [5.74, 6) is -0.597. The molecule has 0 aliphatic carbocycles. The molecule has 0 aromatic heterocycles. The second kappa shape index (κ2) is 4.78. The summed E-state index contributed by atoms with van der Waals surface area (Å²) < 4.78 is 53.8. The smallest absolute Gasteiger partial charge is 0.492 e. The molecule has 88 valence electrons. The minimum Gasteiger partial charge on any atom is -0.492 e. The first-order chi connectivity index (χ1) is 7.30. The normalized spacial score (nSPS) is 11.3. The fourth-order valence-electron chi connectivity index (χ4n) is 0.837. The first-order valence-corrected chi connectivity index (χ1v) is 4.64. The summed E-state index contributed by atoms with van der Waals surface area (Å²) in [6.45, 7) is -2.95. The zero-order valence-electron chi connectivity index (χ0n) is 8.02. The minimum atomic E-state index is -5.11. The first kappa shape index (κ1) is 12.9. The van der Waals surface area contributed by atoms with Gasteiger partial charge in [0.25, 0.3) is 0 Å². The van der Waals surface area contributed by atoms with Crippen LogP contribution >= 0.6 is 11.6 Å². The number of ether oxygens (including phenoxy) is 1. The van der Waals surface area contributed by atoms with Gasteiger partial charge in [0, 0.05) is 6.07 Å². The molecule has 0 radical (unpaired) electrons. The van der Waals surface area contributed by atoms with Crippen LogP contribution in [0.1, 0.15) is 0 Å². The van der Waals surface area contributed by atoms with Crippen LogP contribution in [0.25, 0.3) is 0 Å². The van der Waals surface area contributed by atoms with E-state index < -0.39 is 24.9 Å². The van der Waals surface area contributed by atoms with Crippen molar-refractivity contribution in [3.8, 4) is 5.75 Å². The Morgan fingerprint density at radius 2 is 2.00 bits per heavy atom. The summed E-state index contributed by atoms with van der Waals surface area (Å²) in [6.07, 6.45) is 0. The molecule has 0 heterocycles. The molecule has 0 bridgehead atoms. The van der Waals surface area contributed by atoms with Crippen molar-refractivity contribution in [1.29, 1.82) is 0 Å². The molecule has 1 aromatic carbocycles. The topological polar surface area (TPSA) is 9.23 Å². The summed E-state index contributed by atoms with van der Waals surface area (Å²) in [6, 6.07) is 3.31. The van der Waals surface area contributed by atoms with Gasteiger partial charge >= 0.3 is 6.98 Å². The number of hydrogen-bond donors (Lipinski definition) is 0. The molecule has 7 heteroatoms. The molecule has 0 aliphatic rings. The molecule has 0 atom stereocenters. The Morgan fingerprint density at radius 1 is 1.38 bits per heavy atom. The third-order valence-electron chi connectivity index (χ3n) is 1.78. The summed E-state index contributed by atoms with van der Waals surface area (Å²) in [5.41, 5.74) is -0.958. The van der Waals surface area contributed by atoms with Gasteiger partial charge in [-0.2, -0.15) is 0 Å². The van der Waals surface area contributed by atoms with E-state index in [1.165, 1.54) is 6.07 Å². The Labute approximate surface area is 94.7 Å². The van der Waals surface area contributed by atoms with Crippen molar-refractivity contribution in [1.82, 2.24) is 0 Å². The summed E-state index contributed by atoms with van der Waals surface area (Å²) >= 11 is 5.42. The van der Waals surface area contributed by atoms with E-state index in [0.29, 0.717) is 0 Å². The second-order valence-corrected chi connectivity index (χ2v) is 3.50. The Kier molecular flexibility index (Phi) is 3.85. The lowest BCUT2D eigenvalue weighted by molar-refractivity contribution is 0.346. The Balaban J connectivity index is 2.62. The average Bonchev–Trinajstić information content (AvgIpc) is 2.18. The van der Waals surface area contributed by atoms with Crippen LogP contribution in [-0.2, 0) is 0 Å². The van der Waals surface area contributed by atoms with Gasteiger partial charge < -0.3 is 17.7 Å². The SMILES string of the molecule is C=C(COc1ccc(F)c(Cl)c1)[B-](F)(F)F. The van der Waals surface area contributed by atoms with E-state index in [1.54, 1.807) is 0 Å². The lowest BCUT2D eigenvalue weighted by Crippen LogP contribution is -2.23. The first-order valence-electron chi connectivity index (χ1n) is 4.26. The molecule has 0 spiro atoms. The summed E-state index contributed by atoms with van der Waals surface area (Å²) in [7, 11) is 0. The van der Waals surface area contributed by atoms with Crippen molar-refractivity contribution in [2.45, 2.75) is 0 Å². The second-order valence-electron chi connectivity index (χ2n) is 3.10. The molecular formula is C9H7BClF4O-. The van der Waals surface area contributed by atoms with E-state index >= 15 is 0 Å². The fraction of sp³-hybridized carbons (Fsp3) is 0.111. The van der Waals surface area contributed by atoms with Crippen molar-refractivity contribution in [2.75, 3.05) is 6.61 Å². The fourth-order valence-corrected chi connectivity index (χ4v) is 1.01. The van der Waals surface area contributed by atoms with Crippen molar-refractivity contribution in [2.24, 2.45) is 0 Å². The van der Waals surface area contributed by atoms with Crippen LogP contribution in [0.2, 0.25) is 5.02 Å². The van der Waals surface area contributed by atoms with Gasteiger partial charge in [-0.1, -0.05) is 11.6 Å². The zero-order valence-corrected chi connectivity index (χ0v) is 8.78. The van der Waals surface area contributed by atoms with Crippen LogP contribution in [0.15, 0.2) is 30.3 Å². The van der Waals surface area contributed by atoms with Crippen LogP contribution < -0.4 is 4.74 Å². The summed E-state index contributed by atoms with van der Waals surface area (Å²) in [4.78, 5) is 0. The average molecular weight is 253 g/mol. The number of halogens is 5. The monoisotopic (exact) mass is 253 g/mol. The quantitative estimate of drug-likeness (QED) is 0.586. The molecule has 0 fully saturated rings. The Hall–Kier alpha value is -1.17.